The zero-order chi connectivity index (χ0) is 16.8. The first-order valence-corrected chi connectivity index (χ1v) is 8.04. The van der Waals surface area contributed by atoms with Crippen LogP contribution in [0.2, 0.25) is 0 Å². The minimum absolute atomic E-state index is 0.0426. The second-order valence-electron chi connectivity index (χ2n) is 5.74. The number of para-hydroxylation sites is 2. The van der Waals surface area contributed by atoms with Gasteiger partial charge in [-0.2, -0.15) is 0 Å². The van der Waals surface area contributed by atoms with Gasteiger partial charge >= 0.3 is 0 Å². The average Bonchev–Trinajstić information content (AvgIpc) is 2.95. The summed E-state index contributed by atoms with van der Waals surface area (Å²) in [4.78, 5) is 26.2. The van der Waals surface area contributed by atoms with Crippen LogP contribution in [0, 0.1) is 5.92 Å². The molecule has 2 unspecified atom stereocenters. The Morgan fingerprint density at radius 3 is 2.87 bits per heavy atom. The smallest absolute Gasteiger partial charge is 0.227 e. The number of hydrogen-bond donors (Lipinski definition) is 2. The van der Waals surface area contributed by atoms with Crippen molar-refractivity contribution in [3.63, 3.8) is 0 Å². The van der Waals surface area contributed by atoms with Gasteiger partial charge in [0, 0.05) is 25.6 Å². The molecule has 1 aromatic carbocycles. The largest absolute Gasteiger partial charge is 0.492 e. The van der Waals surface area contributed by atoms with Crippen molar-refractivity contribution in [3.05, 3.63) is 24.3 Å². The first kappa shape index (κ1) is 17.3. The Bertz CT molecular complexity index is 562. The normalized spacial score (nSPS) is 18.8. The van der Waals surface area contributed by atoms with Crippen molar-refractivity contribution in [3.8, 4) is 5.75 Å². The fourth-order valence-electron chi connectivity index (χ4n) is 2.57. The topological polar surface area (TPSA) is 70.7 Å². The van der Waals surface area contributed by atoms with E-state index < -0.39 is 0 Å². The van der Waals surface area contributed by atoms with Gasteiger partial charge in [0.2, 0.25) is 11.8 Å². The number of nitrogens with zero attached hydrogens (tertiary/aromatic N) is 1. The van der Waals surface area contributed by atoms with E-state index in [1.54, 1.807) is 4.90 Å². The maximum Gasteiger partial charge on any atom is 0.227 e. The predicted octanol–water partition coefficient (Wildman–Crippen LogP) is 1.16. The molecule has 2 N–H and O–H groups in total. The number of likely N-dealkylation sites (N-methyl/N-ethyl adjacent to an activating group) is 1. The molecule has 0 spiro atoms. The van der Waals surface area contributed by atoms with E-state index in [1.165, 1.54) is 0 Å². The Balaban J connectivity index is 2.04. The van der Waals surface area contributed by atoms with Crippen LogP contribution in [0.3, 0.4) is 0 Å². The van der Waals surface area contributed by atoms with Crippen molar-refractivity contribution in [2.75, 3.05) is 31.6 Å². The highest BCUT2D eigenvalue weighted by Gasteiger charge is 2.36. The number of anilines is 1. The molecule has 0 saturated carbocycles. The number of nitrogens with one attached hydrogen (secondary N) is 2. The van der Waals surface area contributed by atoms with Crippen molar-refractivity contribution in [1.29, 1.82) is 0 Å². The van der Waals surface area contributed by atoms with Crippen LogP contribution in [-0.4, -0.2) is 44.6 Å². The summed E-state index contributed by atoms with van der Waals surface area (Å²) in [5, 5.41) is 5.96. The van der Waals surface area contributed by atoms with Gasteiger partial charge in [-0.15, -0.1) is 0 Å². The molecule has 23 heavy (non-hydrogen) atoms. The van der Waals surface area contributed by atoms with Gasteiger partial charge in [-0.25, -0.2) is 0 Å². The summed E-state index contributed by atoms with van der Waals surface area (Å²) < 4.78 is 5.58. The van der Waals surface area contributed by atoms with Crippen LogP contribution in [0.15, 0.2) is 24.3 Å². The third kappa shape index (κ3) is 4.22. The highest BCUT2D eigenvalue weighted by atomic mass is 16.5. The third-order valence-electron chi connectivity index (χ3n) is 4.03. The van der Waals surface area contributed by atoms with Crippen molar-refractivity contribution >= 4 is 17.5 Å². The molecule has 2 rings (SSSR count). The molecule has 2 atom stereocenters. The predicted molar refractivity (Wildman–Crippen MR) is 89.6 cm³/mol. The molecule has 0 radical (unpaired) electrons. The quantitative estimate of drug-likeness (QED) is 0.791. The summed E-state index contributed by atoms with van der Waals surface area (Å²) in [6, 6.07) is 7.64. The molecule has 6 nitrogen and oxygen atoms in total. The minimum atomic E-state index is -0.318. The molecule has 0 aromatic heterocycles. The standard InChI is InChI=1S/C17H25N3O3/c1-4-23-15-8-6-5-7-14(15)20-11-13(9-16(20)21)17(22)19-10-12(2)18-3/h5-8,12-13,18H,4,9-11H2,1-3H3,(H,19,22). The zero-order valence-electron chi connectivity index (χ0n) is 14.0. The molecule has 1 heterocycles. The van der Waals surface area contributed by atoms with Gasteiger partial charge in [-0.1, -0.05) is 12.1 Å². The fourth-order valence-corrected chi connectivity index (χ4v) is 2.57. The van der Waals surface area contributed by atoms with E-state index in [2.05, 4.69) is 10.6 Å². The van der Waals surface area contributed by atoms with E-state index >= 15 is 0 Å². The SMILES string of the molecule is CCOc1ccccc1N1CC(C(=O)NCC(C)NC)CC1=O. The minimum Gasteiger partial charge on any atom is -0.492 e. The van der Waals surface area contributed by atoms with E-state index in [0.29, 0.717) is 25.4 Å². The number of carbonyl (C=O) groups excluding carboxylic acids is 2. The fraction of sp³-hybridized carbons (Fsp3) is 0.529. The van der Waals surface area contributed by atoms with Gasteiger partial charge in [-0.3, -0.25) is 9.59 Å². The van der Waals surface area contributed by atoms with Crippen LogP contribution in [0.25, 0.3) is 0 Å². The van der Waals surface area contributed by atoms with Gasteiger partial charge in [0.15, 0.2) is 0 Å². The van der Waals surface area contributed by atoms with Gasteiger partial charge in [-0.05, 0) is 33.0 Å². The Morgan fingerprint density at radius 2 is 2.17 bits per heavy atom. The van der Waals surface area contributed by atoms with E-state index in [4.69, 9.17) is 4.74 Å². The monoisotopic (exact) mass is 319 g/mol. The Morgan fingerprint density at radius 1 is 1.43 bits per heavy atom. The summed E-state index contributed by atoms with van der Waals surface area (Å²) in [6.07, 6.45) is 0.236. The lowest BCUT2D eigenvalue weighted by Crippen LogP contribution is -2.40. The third-order valence-corrected chi connectivity index (χ3v) is 4.03. The summed E-state index contributed by atoms with van der Waals surface area (Å²) in [5.74, 6) is 0.241. The highest BCUT2D eigenvalue weighted by Crippen LogP contribution is 2.33. The molecular weight excluding hydrogens is 294 g/mol. The first-order valence-electron chi connectivity index (χ1n) is 8.04. The average molecular weight is 319 g/mol. The lowest BCUT2D eigenvalue weighted by molar-refractivity contribution is -0.126. The van der Waals surface area contributed by atoms with Gasteiger partial charge in [0.1, 0.15) is 5.75 Å². The molecule has 1 aromatic rings. The van der Waals surface area contributed by atoms with Crippen molar-refractivity contribution in [1.82, 2.24) is 10.6 Å². The highest BCUT2D eigenvalue weighted by molar-refractivity contribution is 6.01. The molecule has 2 amide bonds. The molecular formula is C17H25N3O3. The van der Waals surface area contributed by atoms with Gasteiger partial charge in [0.05, 0.1) is 18.2 Å². The first-order chi connectivity index (χ1) is 11.1. The van der Waals surface area contributed by atoms with E-state index in [-0.39, 0.29) is 30.2 Å². The second-order valence-corrected chi connectivity index (χ2v) is 5.74. The van der Waals surface area contributed by atoms with Gasteiger partial charge in [0.25, 0.3) is 0 Å². The number of hydrogen-bond acceptors (Lipinski definition) is 4. The number of amides is 2. The molecule has 0 bridgehead atoms. The maximum atomic E-state index is 12.3. The molecule has 1 fully saturated rings. The molecule has 6 heteroatoms. The molecule has 1 saturated heterocycles. The summed E-state index contributed by atoms with van der Waals surface area (Å²) in [6.45, 7) is 5.37. The molecule has 0 aliphatic carbocycles. The summed E-state index contributed by atoms with van der Waals surface area (Å²) >= 11 is 0. The Kier molecular flexibility index (Phi) is 5.98. The maximum absolute atomic E-state index is 12.3. The Hall–Kier alpha value is -2.08. The molecule has 1 aliphatic heterocycles. The van der Waals surface area contributed by atoms with Crippen molar-refractivity contribution in [2.24, 2.45) is 5.92 Å². The number of rotatable bonds is 7. The lowest BCUT2D eigenvalue weighted by Gasteiger charge is -2.20. The van der Waals surface area contributed by atoms with Crippen LogP contribution in [0.1, 0.15) is 20.3 Å². The van der Waals surface area contributed by atoms with Crippen LogP contribution >= 0.6 is 0 Å². The lowest BCUT2D eigenvalue weighted by atomic mass is 10.1. The van der Waals surface area contributed by atoms with E-state index in [1.807, 2.05) is 45.2 Å². The Labute approximate surface area is 137 Å². The van der Waals surface area contributed by atoms with Crippen LogP contribution < -0.4 is 20.3 Å². The number of ether oxygens (including phenoxy) is 1. The zero-order valence-corrected chi connectivity index (χ0v) is 14.0. The van der Waals surface area contributed by atoms with Crippen LogP contribution in [0.4, 0.5) is 5.69 Å². The summed E-state index contributed by atoms with van der Waals surface area (Å²) in [5.41, 5.74) is 0.734. The van der Waals surface area contributed by atoms with E-state index in [9.17, 15) is 9.59 Å². The second kappa shape index (κ2) is 7.97. The number of benzene rings is 1. The van der Waals surface area contributed by atoms with Gasteiger partial charge < -0.3 is 20.3 Å². The van der Waals surface area contributed by atoms with E-state index in [0.717, 1.165) is 5.69 Å². The molecule has 1 aliphatic rings. The van der Waals surface area contributed by atoms with Crippen molar-refractivity contribution < 1.29 is 14.3 Å². The molecule has 126 valence electrons. The van der Waals surface area contributed by atoms with Crippen LogP contribution in [-0.2, 0) is 9.59 Å². The van der Waals surface area contributed by atoms with Crippen molar-refractivity contribution in [2.45, 2.75) is 26.3 Å². The van der Waals surface area contributed by atoms with Crippen LogP contribution in [0.5, 0.6) is 5.75 Å². The number of carbonyl (C=O) groups is 2. The summed E-state index contributed by atoms with van der Waals surface area (Å²) in [7, 11) is 1.85.